The summed E-state index contributed by atoms with van der Waals surface area (Å²) >= 11 is 11.5. The maximum atomic E-state index is 12.6. The predicted molar refractivity (Wildman–Crippen MR) is 61.5 cm³/mol. The Labute approximate surface area is 105 Å². The van der Waals surface area contributed by atoms with Crippen LogP contribution in [0.25, 0.3) is 10.9 Å². The Kier molecular flexibility index (Phi) is 2.96. The van der Waals surface area contributed by atoms with Gasteiger partial charge in [-0.3, -0.25) is 0 Å². The van der Waals surface area contributed by atoms with Crippen LogP contribution in [0.5, 0.6) is 0 Å². The van der Waals surface area contributed by atoms with Gasteiger partial charge in [0.1, 0.15) is 5.15 Å². The van der Waals surface area contributed by atoms with Crippen LogP contribution in [0.15, 0.2) is 18.2 Å². The standard InChI is InChI=1S/C11H6Cl2F3N/c1-5-2-3-8-6(9(5)12)4-7(10(13)17-8)11(14,15)16/h2-4H,1H3. The minimum Gasteiger partial charge on any atom is -0.235 e. The minimum atomic E-state index is -4.54. The molecular weight excluding hydrogens is 274 g/mol. The van der Waals surface area contributed by atoms with Crippen molar-refractivity contribution in [2.75, 3.05) is 0 Å². The van der Waals surface area contributed by atoms with Gasteiger partial charge >= 0.3 is 6.18 Å². The molecule has 0 fully saturated rings. The van der Waals surface area contributed by atoms with Gasteiger partial charge < -0.3 is 0 Å². The van der Waals surface area contributed by atoms with E-state index < -0.39 is 16.9 Å². The summed E-state index contributed by atoms with van der Waals surface area (Å²) in [4.78, 5) is 3.70. The van der Waals surface area contributed by atoms with Gasteiger partial charge in [-0.2, -0.15) is 13.2 Å². The van der Waals surface area contributed by atoms with Gasteiger partial charge in [-0.25, -0.2) is 4.98 Å². The molecule has 0 aliphatic heterocycles. The van der Waals surface area contributed by atoms with Crippen molar-refractivity contribution in [3.8, 4) is 0 Å². The van der Waals surface area contributed by atoms with Crippen molar-refractivity contribution in [2.24, 2.45) is 0 Å². The molecule has 2 rings (SSSR count). The van der Waals surface area contributed by atoms with Crippen LogP contribution in [0.1, 0.15) is 11.1 Å². The third kappa shape index (κ3) is 2.19. The number of aromatic nitrogens is 1. The lowest BCUT2D eigenvalue weighted by molar-refractivity contribution is -0.137. The SMILES string of the molecule is Cc1ccc2nc(Cl)c(C(F)(F)F)cc2c1Cl. The Hall–Kier alpha value is -1.00. The highest BCUT2D eigenvalue weighted by atomic mass is 35.5. The van der Waals surface area contributed by atoms with Crippen LogP contribution in [-0.2, 0) is 6.18 Å². The summed E-state index contributed by atoms with van der Waals surface area (Å²) in [5.41, 5.74) is 0.0641. The zero-order chi connectivity index (χ0) is 12.8. The third-order valence-electron chi connectivity index (χ3n) is 2.38. The zero-order valence-corrected chi connectivity index (χ0v) is 10.1. The molecule has 0 bridgehead atoms. The second-order valence-electron chi connectivity index (χ2n) is 3.59. The highest BCUT2D eigenvalue weighted by Gasteiger charge is 2.34. The van der Waals surface area contributed by atoms with E-state index in [9.17, 15) is 13.2 Å². The Morgan fingerprint density at radius 2 is 1.82 bits per heavy atom. The van der Waals surface area contributed by atoms with Crippen molar-refractivity contribution < 1.29 is 13.2 Å². The summed E-state index contributed by atoms with van der Waals surface area (Å²) in [6, 6.07) is 4.20. The lowest BCUT2D eigenvalue weighted by Gasteiger charge is -2.11. The molecule has 1 aromatic heterocycles. The topological polar surface area (TPSA) is 12.9 Å². The molecular formula is C11H6Cl2F3N. The number of nitrogens with zero attached hydrogens (tertiary/aromatic N) is 1. The molecule has 1 heterocycles. The van der Waals surface area contributed by atoms with Crippen molar-refractivity contribution in [1.29, 1.82) is 0 Å². The highest BCUT2D eigenvalue weighted by molar-refractivity contribution is 6.36. The smallest absolute Gasteiger partial charge is 0.235 e. The number of rotatable bonds is 0. The molecule has 0 spiro atoms. The molecule has 17 heavy (non-hydrogen) atoms. The predicted octanol–water partition coefficient (Wildman–Crippen LogP) is 4.87. The average molecular weight is 280 g/mol. The van der Waals surface area contributed by atoms with Crippen LogP contribution >= 0.6 is 23.2 Å². The van der Waals surface area contributed by atoms with Gasteiger partial charge in [0.2, 0.25) is 0 Å². The summed E-state index contributed by atoms with van der Waals surface area (Å²) in [6.07, 6.45) is -4.54. The number of aryl methyl sites for hydroxylation is 1. The normalized spacial score (nSPS) is 12.1. The molecule has 90 valence electrons. The Morgan fingerprint density at radius 3 is 2.41 bits per heavy atom. The van der Waals surface area contributed by atoms with E-state index in [1.54, 1.807) is 19.1 Å². The number of fused-ring (bicyclic) bond motifs is 1. The quantitative estimate of drug-likeness (QED) is 0.627. The molecule has 0 N–H and O–H groups in total. The molecule has 6 heteroatoms. The first-order valence-corrected chi connectivity index (χ1v) is 5.39. The minimum absolute atomic E-state index is 0.253. The van der Waals surface area contributed by atoms with Gasteiger partial charge in [0, 0.05) is 5.39 Å². The molecule has 0 radical (unpaired) electrons. The number of hydrogen-bond acceptors (Lipinski definition) is 1. The molecule has 1 aromatic carbocycles. The maximum absolute atomic E-state index is 12.6. The number of hydrogen-bond donors (Lipinski definition) is 0. The van der Waals surface area contributed by atoms with Crippen molar-refractivity contribution >= 4 is 34.1 Å². The van der Waals surface area contributed by atoms with Gasteiger partial charge in [0.05, 0.1) is 16.1 Å². The summed E-state index contributed by atoms with van der Waals surface area (Å²) in [7, 11) is 0. The van der Waals surface area contributed by atoms with Crippen LogP contribution in [0.3, 0.4) is 0 Å². The lowest BCUT2D eigenvalue weighted by Crippen LogP contribution is -2.07. The largest absolute Gasteiger partial charge is 0.419 e. The number of alkyl halides is 3. The second-order valence-corrected chi connectivity index (χ2v) is 4.32. The van der Waals surface area contributed by atoms with E-state index in [1.807, 2.05) is 0 Å². The van der Waals surface area contributed by atoms with Gasteiger partial charge in [-0.15, -0.1) is 0 Å². The first-order valence-electron chi connectivity index (χ1n) is 4.63. The summed E-state index contributed by atoms with van der Waals surface area (Å²) in [6.45, 7) is 1.71. The number of pyridine rings is 1. The van der Waals surface area contributed by atoms with E-state index >= 15 is 0 Å². The molecule has 0 aliphatic carbocycles. The number of halogens is 5. The Balaban J connectivity index is 2.83. The van der Waals surface area contributed by atoms with Gasteiger partial charge in [0.15, 0.2) is 0 Å². The molecule has 0 unspecified atom stereocenters. The van der Waals surface area contributed by atoms with Crippen LogP contribution < -0.4 is 0 Å². The second kappa shape index (κ2) is 4.03. The molecule has 0 aliphatic rings. The van der Waals surface area contributed by atoms with E-state index in [0.29, 0.717) is 11.1 Å². The Morgan fingerprint density at radius 1 is 1.18 bits per heavy atom. The van der Waals surface area contributed by atoms with Crippen LogP contribution in [0.4, 0.5) is 13.2 Å². The van der Waals surface area contributed by atoms with E-state index in [4.69, 9.17) is 23.2 Å². The highest BCUT2D eigenvalue weighted by Crippen LogP contribution is 2.37. The molecule has 0 saturated carbocycles. The molecule has 0 atom stereocenters. The van der Waals surface area contributed by atoms with Crippen molar-refractivity contribution in [3.05, 3.63) is 39.5 Å². The monoisotopic (exact) mass is 279 g/mol. The molecule has 0 saturated heterocycles. The van der Waals surface area contributed by atoms with E-state index in [1.165, 1.54) is 0 Å². The summed E-state index contributed by atoms with van der Waals surface area (Å²) < 4.78 is 37.9. The Bertz CT molecular complexity index is 593. The van der Waals surface area contributed by atoms with Gasteiger partial charge in [-0.05, 0) is 24.6 Å². The lowest BCUT2D eigenvalue weighted by atomic mass is 10.1. The first kappa shape index (κ1) is 12.5. The zero-order valence-electron chi connectivity index (χ0n) is 8.57. The van der Waals surface area contributed by atoms with E-state index in [2.05, 4.69) is 4.98 Å². The molecule has 1 nitrogen and oxygen atoms in total. The first-order chi connectivity index (χ1) is 7.80. The fourth-order valence-electron chi connectivity index (χ4n) is 1.50. The molecule has 0 amide bonds. The van der Waals surface area contributed by atoms with Gasteiger partial charge in [-0.1, -0.05) is 29.3 Å². The van der Waals surface area contributed by atoms with Gasteiger partial charge in [0.25, 0.3) is 0 Å². The molecule has 2 aromatic rings. The summed E-state index contributed by atoms with van der Waals surface area (Å²) in [5.74, 6) is 0. The van der Waals surface area contributed by atoms with Crippen LogP contribution in [0.2, 0.25) is 10.2 Å². The van der Waals surface area contributed by atoms with E-state index in [0.717, 1.165) is 6.07 Å². The summed E-state index contributed by atoms with van der Waals surface area (Å²) in [5, 5.41) is -0.0505. The van der Waals surface area contributed by atoms with E-state index in [-0.39, 0.29) is 10.4 Å². The van der Waals surface area contributed by atoms with Crippen LogP contribution in [-0.4, -0.2) is 4.98 Å². The fraction of sp³-hybridized carbons (Fsp3) is 0.182. The fourth-order valence-corrected chi connectivity index (χ4v) is 1.96. The average Bonchev–Trinajstić information content (AvgIpc) is 2.21. The van der Waals surface area contributed by atoms with Crippen LogP contribution in [0, 0.1) is 6.92 Å². The maximum Gasteiger partial charge on any atom is 0.419 e. The third-order valence-corrected chi connectivity index (χ3v) is 3.17. The number of benzene rings is 1. The van der Waals surface area contributed by atoms with Crippen molar-refractivity contribution in [2.45, 2.75) is 13.1 Å². The van der Waals surface area contributed by atoms with Crippen molar-refractivity contribution in [3.63, 3.8) is 0 Å². The van der Waals surface area contributed by atoms with Crippen molar-refractivity contribution in [1.82, 2.24) is 4.98 Å².